The Hall–Kier alpha value is -4.00. The lowest BCUT2D eigenvalue weighted by Crippen LogP contribution is -2.58. The highest BCUT2D eigenvalue weighted by atomic mass is 16.4. The van der Waals surface area contributed by atoms with Gasteiger partial charge in [0.1, 0.15) is 18.1 Å². The van der Waals surface area contributed by atoms with Gasteiger partial charge in [-0.3, -0.25) is 24.0 Å². The Morgan fingerprint density at radius 1 is 0.914 bits per heavy atom. The van der Waals surface area contributed by atoms with Crippen molar-refractivity contribution in [2.45, 2.75) is 56.3 Å². The van der Waals surface area contributed by atoms with Gasteiger partial charge in [0.2, 0.25) is 23.6 Å². The first-order valence-electron chi connectivity index (χ1n) is 11.0. The highest BCUT2D eigenvalue weighted by molar-refractivity contribution is 5.97. The third-order valence-electron chi connectivity index (χ3n) is 5.32. The number of benzene rings is 1. The number of rotatable bonds is 13. The van der Waals surface area contributed by atoms with Crippen LogP contribution in [0.4, 0.5) is 0 Å². The summed E-state index contributed by atoms with van der Waals surface area (Å²) in [6.07, 6.45) is -0.253. The van der Waals surface area contributed by atoms with Gasteiger partial charge in [-0.25, -0.2) is 4.79 Å². The fourth-order valence-electron chi connectivity index (χ4n) is 3.57. The van der Waals surface area contributed by atoms with Gasteiger partial charge < -0.3 is 37.2 Å². The quantitative estimate of drug-likeness (QED) is 0.160. The van der Waals surface area contributed by atoms with Gasteiger partial charge in [0.05, 0.1) is 18.9 Å². The minimum absolute atomic E-state index is 0.0790. The number of aliphatic carboxylic acids is 2. The maximum atomic E-state index is 12.8. The second-order valence-electron chi connectivity index (χ2n) is 8.13. The van der Waals surface area contributed by atoms with Gasteiger partial charge in [0, 0.05) is 6.42 Å². The lowest BCUT2D eigenvalue weighted by Gasteiger charge is -2.24. The van der Waals surface area contributed by atoms with E-state index in [0.29, 0.717) is 18.5 Å². The molecule has 0 aliphatic carbocycles. The highest BCUT2D eigenvalue weighted by Gasteiger charge is 2.33. The average Bonchev–Trinajstić information content (AvgIpc) is 3.33. The standard InChI is InChI=1S/C22H29N5O8/c23-17(28)10-14(25-19(31)13-7-4-8-24-13)20(32)26-15(11-18(29)30)21(33)27-16(22(34)35)9-12-5-2-1-3-6-12/h1-3,5-6,13-16,24H,4,7-11H2,(H2,23,28)(H,25,31)(H,26,32)(H,27,33)(H,29,30)(H,34,35). The van der Waals surface area contributed by atoms with Crippen molar-refractivity contribution < 1.29 is 39.0 Å². The van der Waals surface area contributed by atoms with Crippen LogP contribution >= 0.6 is 0 Å². The van der Waals surface area contributed by atoms with Gasteiger partial charge in [0.25, 0.3) is 0 Å². The molecule has 35 heavy (non-hydrogen) atoms. The van der Waals surface area contributed by atoms with Crippen LogP contribution in [0.5, 0.6) is 0 Å². The van der Waals surface area contributed by atoms with Crippen LogP contribution in [0.25, 0.3) is 0 Å². The van der Waals surface area contributed by atoms with E-state index in [2.05, 4.69) is 21.3 Å². The number of primary amides is 1. The lowest BCUT2D eigenvalue weighted by molar-refractivity contribution is -0.143. The summed E-state index contributed by atoms with van der Waals surface area (Å²) in [4.78, 5) is 72.3. The zero-order valence-electron chi connectivity index (χ0n) is 18.9. The van der Waals surface area contributed by atoms with E-state index in [-0.39, 0.29) is 6.42 Å². The van der Waals surface area contributed by atoms with Crippen LogP contribution in [-0.4, -0.2) is 76.5 Å². The zero-order chi connectivity index (χ0) is 26.0. The molecule has 13 nitrogen and oxygen atoms in total. The van der Waals surface area contributed by atoms with Crippen LogP contribution in [0.2, 0.25) is 0 Å². The van der Waals surface area contributed by atoms with Crippen molar-refractivity contribution in [3.05, 3.63) is 35.9 Å². The molecule has 1 aromatic carbocycles. The smallest absolute Gasteiger partial charge is 0.326 e. The van der Waals surface area contributed by atoms with E-state index in [0.717, 1.165) is 6.42 Å². The Labute approximate surface area is 200 Å². The molecule has 190 valence electrons. The Morgan fingerprint density at radius 3 is 2.03 bits per heavy atom. The average molecular weight is 492 g/mol. The van der Waals surface area contributed by atoms with Crippen molar-refractivity contribution in [1.29, 1.82) is 0 Å². The largest absolute Gasteiger partial charge is 0.481 e. The molecule has 0 bridgehead atoms. The maximum Gasteiger partial charge on any atom is 0.326 e. The van der Waals surface area contributed by atoms with Crippen molar-refractivity contribution in [1.82, 2.24) is 21.3 Å². The predicted octanol–water partition coefficient (Wildman–Crippen LogP) is -2.13. The zero-order valence-corrected chi connectivity index (χ0v) is 18.9. The number of nitrogens with two attached hydrogens (primary N) is 1. The van der Waals surface area contributed by atoms with Gasteiger partial charge >= 0.3 is 11.9 Å². The van der Waals surface area contributed by atoms with Gasteiger partial charge in [-0.15, -0.1) is 0 Å². The number of hydrogen-bond donors (Lipinski definition) is 7. The number of nitrogens with one attached hydrogen (secondary N) is 4. The summed E-state index contributed by atoms with van der Waals surface area (Å²) in [5.74, 6) is -6.30. The summed E-state index contributed by atoms with van der Waals surface area (Å²) < 4.78 is 0. The van der Waals surface area contributed by atoms with E-state index in [4.69, 9.17) is 5.73 Å². The normalized spacial score (nSPS) is 17.4. The molecular formula is C22H29N5O8. The summed E-state index contributed by atoms with van der Waals surface area (Å²) in [6.45, 7) is 0.610. The van der Waals surface area contributed by atoms with Gasteiger partial charge in [-0.05, 0) is 24.9 Å². The van der Waals surface area contributed by atoms with Crippen molar-refractivity contribution in [2.75, 3.05) is 6.54 Å². The van der Waals surface area contributed by atoms with Crippen molar-refractivity contribution in [3.63, 3.8) is 0 Å². The van der Waals surface area contributed by atoms with E-state index >= 15 is 0 Å². The first kappa shape index (κ1) is 27.2. The Kier molecular flexibility index (Phi) is 10.1. The van der Waals surface area contributed by atoms with Gasteiger partial charge in [-0.1, -0.05) is 30.3 Å². The Bertz CT molecular complexity index is 948. The fraction of sp³-hybridized carbons (Fsp3) is 0.455. The molecular weight excluding hydrogens is 462 g/mol. The second-order valence-corrected chi connectivity index (χ2v) is 8.13. The SMILES string of the molecule is NC(=O)CC(NC(=O)C1CCCN1)C(=O)NC(CC(=O)O)C(=O)NC(Cc1ccccc1)C(=O)O. The van der Waals surface area contributed by atoms with Crippen molar-refractivity contribution in [2.24, 2.45) is 5.73 Å². The molecule has 8 N–H and O–H groups in total. The molecule has 0 radical (unpaired) electrons. The van der Waals surface area contributed by atoms with Crippen LogP contribution in [0.3, 0.4) is 0 Å². The topological polar surface area (TPSA) is 217 Å². The van der Waals surface area contributed by atoms with Crippen LogP contribution in [-0.2, 0) is 35.2 Å². The summed E-state index contributed by atoms with van der Waals surface area (Å²) >= 11 is 0. The number of hydrogen-bond acceptors (Lipinski definition) is 7. The first-order chi connectivity index (χ1) is 16.6. The Morgan fingerprint density at radius 2 is 1.51 bits per heavy atom. The van der Waals surface area contributed by atoms with Crippen LogP contribution in [0, 0.1) is 0 Å². The summed E-state index contributed by atoms with van der Waals surface area (Å²) in [5, 5.41) is 28.4. The van der Waals surface area contributed by atoms with Gasteiger partial charge in [0.15, 0.2) is 0 Å². The molecule has 1 aliphatic heterocycles. The molecule has 0 saturated carbocycles. The Balaban J connectivity index is 2.12. The molecule has 13 heteroatoms. The molecule has 0 spiro atoms. The molecule has 0 aromatic heterocycles. The van der Waals surface area contributed by atoms with E-state index in [1.54, 1.807) is 30.3 Å². The van der Waals surface area contributed by atoms with Gasteiger partial charge in [-0.2, -0.15) is 0 Å². The maximum absolute atomic E-state index is 12.8. The van der Waals surface area contributed by atoms with Crippen molar-refractivity contribution >= 4 is 35.6 Å². The fourth-order valence-corrected chi connectivity index (χ4v) is 3.57. The highest BCUT2D eigenvalue weighted by Crippen LogP contribution is 2.07. The molecule has 4 amide bonds. The third-order valence-corrected chi connectivity index (χ3v) is 5.32. The second kappa shape index (κ2) is 13.0. The van der Waals surface area contributed by atoms with Crippen molar-refractivity contribution in [3.8, 4) is 0 Å². The monoisotopic (exact) mass is 491 g/mol. The number of carboxylic acids is 2. The summed E-state index contributed by atoms with van der Waals surface area (Å²) in [7, 11) is 0. The first-order valence-corrected chi connectivity index (χ1v) is 11.0. The minimum atomic E-state index is -1.67. The number of carbonyl (C=O) groups excluding carboxylic acids is 4. The van der Waals surface area contributed by atoms with E-state index in [1.165, 1.54) is 0 Å². The summed E-state index contributed by atoms with van der Waals surface area (Å²) in [5.41, 5.74) is 5.79. The minimum Gasteiger partial charge on any atom is -0.481 e. The molecule has 4 atom stereocenters. The third kappa shape index (κ3) is 9.04. The summed E-state index contributed by atoms with van der Waals surface area (Å²) in [6, 6.07) is 3.36. The molecule has 1 fully saturated rings. The van der Waals surface area contributed by atoms with E-state index in [1.807, 2.05) is 0 Å². The number of carbonyl (C=O) groups is 6. The van der Waals surface area contributed by atoms with Crippen LogP contribution in [0.15, 0.2) is 30.3 Å². The molecule has 1 saturated heterocycles. The predicted molar refractivity (Wildman–Crippen MR) is 121 cm³/mol. The lowest BCUT2D eigenvalue weighted by atomic mass is 10.0. The van der Waals surface area contributed by atoms with E-state index in [9.17, 15) is 39.0 Å². The van der Waals surface area contributed by atoms with Crippen LogP contribution in [0.1, 0.15) is 31.2 Å². The molecule has 4 unspecified atom stereocenters. The molecule has 2 rings (SSSR count). The molecule has 1 aromatic rings. The number of amides is 4. The van der Waals surface area contributed by atoms with E-state index < -0.39 is 72.6 Å². The number of carboxylic acid groups (broad SMARTS) is 2. The molecule has 1 aliphatic rings. The van der Waals surface area contributed by atoms with Crippen LogP contribution < -0.4 is 27.0 Å². The molecule has 1 heterocycles.